The lowest BCUT2D eigenvalue weighted by Gasteiger charge is -2.38. The third-order valence-electron chi connectivity index (χ3n) is 5.69. The maximum absolute atomic E-state index is 10.0. The first-order valence-corrected chi connectivity index (χ1v) is 18.9. The summed E-state index contributed by atoms with van der Waals surface area (Å²) < 4.78 is 50.0. The van der Waals surface area contributed by atoms with Crippen LogP contribution in [0.5, 0.6) is 0 Å². The minimum atomic E-state index is -3.13. The van der Waals surface area contributed by atoms with E-state index in [1.54, 1.807) is 27.0 Å². The van der Waals surface area contributed by atoms with Crippen LogP contribution in [0.1, 0.15) is 25.7 Å². The second-order valence-electron chi connectivity index (χ2n) is 8.27. The van der Waals surface area contributed by atoms with E-state index in [9.17, 15) is 4.46 Å². The predicted octanol–water partition coefficient (Wildman–Crippen LogP) is 2.08. The average Bonchev–Trinajstić information content (AvgIpc) is 3.60. The van der Waals surface area contributed by atoms with Crippen LogP contribution in [0, 0.1) is 5.92 Å². The standard InChI is InChI=1S/C17H34O6Si3.C3H6O2Si.2H2O/c1-8-24(6,7)22-25(9-2,18-3)23-26(19-4,20-5)13-12-15-10-11-16-17(14-15)21-16;1-3-6(4)5-2;;/h8-9,15-17H,1-2,10-14H2,3-7H3;3H,1H2,2H3;2*1H2. The van der Waals surface area contributed by atoms with Gasteiger partial charge in [-0.3, -0.25) is 0 Å². The summed E-state index contributed by atoms with van der Waals surface area (Å²) in [5, 5.41) is 0. The fraction of sp³-hybridized carbons (Fsp3) is 0.700. The van der Waals surface area contributed by atoms with Crippen LogP contribution in [0.2, 0.25) is 19.1 Å². The minimum Gasteiger partial charge on any atom is -0.524 e. The van der Waals surface area contributed by atoms with Gasteiger partial charge in [-0.25, -0.2) is 0 Å². The Labute approximate surface area is 209 Å². The van der Waals surface area contributed by atoms with Crippen LogP contribution >= 0.6 is 0 Å². The van der Waals surface area contributed by atoms with Gasteiger partial charge >= 0.3 is 26.5 Å². The highest BCUT2D eigenvalue weighted by atomic mass is 28.5. The molecule has 34 heavy (non-hydrogen) atoms. The van der Waals surface area contributed by atoms with Gasteiger partial charge in [0, 0.05) is 27.4 Å². The lowest BCUT2D eigenvalue weighted by molar-refractivity contribution is 0.109. The van der Waals surface area contributed by atoms with Crippen LogP contribution in [0.15, 0.2) is 36.8 Å². The van der Waals surface area contributed by atoms with E-state index >= 15 is 0 Å². The molecule has 1 aliphatic heterocycles. The third-order valence-corrected chi connectivity index (χ3v) is 16.2. The zero-order valence-corrected chi connectivity index (χ0v) is 25.4. The molecule has 10 nitrogen and oxygen atoms in total. The molecule has 1 saturated carbocycles. The molecule has 1 heterocycles. The van der Waals surface area contributed by atoms with Gasteiger partial charge in [0.25, 0.3) is 0 Å². The molecule has 0 aromatic rings. The van der Waals surface area contributed by atoms with Crippen molar-refractivity contribution in [1.29, 1.82) is 0 Å². The summed E-state index contributed by atoms with van der Waals surface area (Å²) in [6.45, 7) is 15.1. The SMILES string of the molecule is C=C[Si](=O)OC.C=C[Si](C)(C)O[Si](C=C)(OC)O[Si](CCC1CCC2OC2C1)(OC)OC.O.O. The van der Waals surface area contributed by atoms with E-state index in [1.807, 2.05) is 18.8 Å². The fourth-order valence-electron chi connectivity index (χ4n) is 3.53. The van der Waals surface area contributed by atoms with Crippen molar-refractivity contribution in [3.8, 4) is 0 Å². The molecule has 1 aliphatic carbocycles. The Morgan fingerprint density at radius 3 is 1.94 bits per heavy atom. The summed E-state index contributed by atoms with van der Waals surface area (Å²) in [5.41, 5.74) is 4.82. The molecule has 0 aromatic carbocycles. The molecule has 4 atom stereocenters. The monoisotopic (exact) mass is 556 g/mol. The zero-order valence-electron chi connectivity index (χ0n) is 21.4. The molecule has 200 valence electrons. The van der Waals surface area contributed by atoms with Crippen molar-refractivity contribution in [2.75, 3.05) is 28.4 Å². The number of rotatable bonds is 14. The van der Waals surface area contributed by atoms with Crippen LogP contribution in [0.4, 0.5) is 0 Å². The summed E-state index contributed by atoms with van der Waals surface area (Å²) in [4.78, 5) is 0. The first-order valence-electron chi connectivity index (χ1n) is 10.8. The molecule has 4 unspecified atom stereocenters. The number of hydrogen-bond donors (Lipinski definition) is 0. The van der Waals surface area contributed by atoms with E-state index in [0.29, 0.717) is 18.1 Å². The fourth-order valence-corrected chi connectivity index (χ4v) is 13.2. The number of hydrogen-bond acceptors (Lipinski definition) is 8. The van der Waals surface area contributed by atoms with Gasteiger partial charge in [-0.05, 0) is 56.1 Å². The van der Waals surface area contributed by atoms with E-state index in [2.05, 4.69) is 24.2 Å². The van der Waals surface area contributed by atoms with Crippen LogP contribution < -0.4 is 0 Å². The molecule has 2 fully saturated rings. The second-order valence-corrected chi connectivity index (χ2v) is 19.7. The topological polar surface area (TPSA) is 148 Å². The molecule has 2 aliphatic rings. The van der Waals surface area contributed by atoms with Crippen molar-refractivity contribution in [3.05, 3.63) is 36.8 Å². The zero-order chi connectivity index (χ0) is 24.4. The summed E-state index contributed by atoms with van der Waals surface area (Å²) in [6, 6.07) is 0.730. The molecule has 1 saturated heterocycles. The van der Waals surface area contributed by atoms with E-state index in [0.717, 1.165) is 25.3 Å². The van der Waals surface area contributed by atoms with Crippen molar-refractivity contribution in [2.45, 2.75) is 57.0 Å². The third kappa shape index (κ3) is 11.0. The average molecular weight is 557 g/mol. The molecule has 4 N–H and O–H groups in total. The van der Waals surface area contributed by atoms with Gasteiger partial charge in [-0.15, -0.1) is 6.58 Å². The van der Waals surface area contributed by atoms with Crippen molar-refractivity contribution in [2.24, 2.45) is 5.92 Å². The van der Waals surface area contributed by atoms with Gasteiger partial charge in [0.05, 0.1) is 19.3 Å². The molecule has 2 rings (SSSR count). The van der Waals surface area contributed by atoms with E-state index in [4.69, 9.17) is 26.2 Å². The molecule has 0 radical (unpaired) electrons. The highest BCUT2D eigenvalue weighted by Crippen LogP contribution is 2.42. The lowest BCUT2D eigenvalue weighted by atomic mass is 9.88. The van der Waals surface area contributed by atoms with Crippen molar-refractivity contribution >= 4 is 34.9 Å². The number of ether oxygens (including phenoxy) is 1. The predicted molar refractivity (Wildman–Crippen MR) is 139 cm³/mol. The first kappa shape index (κ1) is 35.5. The summed E-state index contributed by atoms with van der Waals surface area (Å²) in [7, 11) is -3.79. The van der Waals surface area contributed by atoms with Crippen LogP contribution in [-0.2, 0) is 35.1 Å². The maximum atomic E-state index is 10.0. The number of epoxide rings is 1. The normalized spacial score (nSPS) is 22.7. The van der Waals surface area contributed by atoms with E-state index in [-0.39, 0.29) is 11.0 Å². The van der Waals surface area contributed by atoms with Gasteiger partial charge in [0.2, 0.25) is 8.32 Å². The summed E-state index contributed by atoms with van der Waals surface area (Å²) in [5.74, 6) is 0.627. The largest absolute Gasteiger partial charge is 0.531 e. The lowest BCUT2D eigenvalue weighted by Crippen LogP contribution is -2.60. The molecular weight excluding hydrogens is 513 g/mol. The molecular formula is C20H44O10Si4. The summed E-state index contributed by atoms with van der Waals surface area (Å²) in [6.07, 6.45) is 5.47. The quantitative estimate of drug-likeness (QED) is 0.233. The van der Waals surface area contributed by atoms with E-state index in [1.165, 1.54) is 19.2 Å². The van der Waals surface area contributed by atoms with Crippen molar-refractivity contribution in [3.63, 3.8) is 0 Å². The number of fused-ring (bicyclic) bond motifs is 1. The Kier molecular flexibility index (Phi) is 16.9. The molecule has 14 heteroatoms. The highest BCUT2D eigenvalue weighted by molar-refractivity contribution is 6.88. The Morgan fingerprint density at radius 1 is 0.941 bits per heavy atom. The first-order chi connectivity index (χ1) is 15.1. The molecule has 0 spiro atoms. The van der Waals surface area contributed by atoms with Gasteiger partial charge in [-0.2, -0.15) is 0 Å². The Balaban J connectivity index is 0. The minimum absolute atomic E-state index is 0. The maximum Gasteiger partial charge on any atom is 0.531 e. The van der Waals surface area contributed by atoms with Crippen LogP contribution in [0.25, 0.3) is 0 Å². The molecule has 0 aromatic heterocycles. The Hall–Kier alpha value is -0.632. The van der Waals surface area contributed by atoms with Gasteiger partial charge in [0.1, 0.15) is 0 Å². The van der Waals surface area contributed by atoms with Crippen molar-refractivity contribution < 1.29 is 46.1 Å². The summed E-state index contributed by atoms with van der Waals surface area (Å²) >= 11 is 0. The Morgan fingerprint density at radius 2 is 1.56 bits per heavy atom. The molecule has 0 bridgehead atoms. The second kappa shape index (κ2) is 16.2. The smallest absolute Gasteiger partial charge is 0.524 e. The van der Waals surface area contributed by atoms with Crippen molar-refractivity contribution in [1.82, 2.24) is 0 Å². The van der Waals surface area contributed by atoms with Crippen LogP contribution in [0.3, 0.4) is 0 Å². The van der Waals surface area contributed by atoms with E-state index < -0.39 is 34.9 Å². The van der Waals surface area contributed by atoms with Gasteiger partial charge in [0.15, 0.2) is 0 Å². The molecule has 0 amide bonds. The van der Waals surface area contributed by atoms with Gasteiger partial charge < -0.3 is 46.1 Å². The van der Waals surface area contributed by atoms with Gasteiger partial charge in [-0.1, -0.05) is 18.9 Å². The highest BCUT2D eigenvalue weighted by Gasteiger charge is 2.53. The Bertz CT molecular complexity index is 647. The van der Waals surface area contributed by atoms with Crippen LogP contribution in [-0.4, -0.2) is 86.5 Å².